The summed E-state index contributed by atoms with van der Waals surface area (Å²) in [7, 11) is 2.97. The number of hydrogen-bond donors (Lipinski definition) is 0. The summed E-state index contributed by atoms with van der Waals surface area (Å²) in [5.74, 6) is -0.475. The van der Waals surface area contributed by atoms with Crippen molar-refractivity contribution < 1.29 is 28.6 Å². The highest BCUT2D eigenvalue weighted by Crippen LogP contribution is 2.30. The predicted octanol–water partition coefficient (Wildman–Crippen LogP) is 2.22. The first-order valence-corrected chi connectivity index (χ1v) is 9.24. The highest BCUT2D eigenvalue weighted by molar-refractivity contribution is 6.01. The van der Waals surface area contributed by atoms with Crippen molar-refractivity contribution in [1.29, 1.82) is 0 Å². The Bertz CT molecular complexity index is 725. The van der Waals surface area contributed by atoms with E-state index < -0.39 is 18.5 Å². The lowest BCUT2D eigenvalue weighted by Crippen LogP contribution is -2.35. The van der Waals surface area contributed by atoms with E-state index in [1.165, 1.54) is 14.2 Å². The van der Waals surface area contributed by atoms with Crippen LogP contribution in [0.15, 0.2) is 18.2 Å². The molecule has 2 aliphatic rings. The average Bonchev–Trinajstić information content (AvgIpc) is 3.34. The lowest BCUT2D eigenvalue weighted by Gasteiger charge is -2.23. The second kappa shape index (κ2) is 8.41. The first-order chi connectivity index (χ1) is 13.0. The topological polar surface area (TPSA) is 82.1 Å². The minimum atomic E-state index is -0.502. The van der Waals surface area contributed by atoms with Crippen LogP contribution in [-0.2, 0) is 14.3 Å². The van der Waals surface area contributed by atoms with Crippen LogP contribution in [-0.4, -0.2) is 56.0 Å². The molecule has 3 rings (SSSR count). The molecule has 1 aliphatic heterocycles. The van der Waals surface area contributed by atoms with Crippen molar-refractivity contribution in [2.45, 2.75) is 38.1 Å². The number of ether oxygens (including phenoxy) is 3. The Labute approximate surface area is 158 Å². The molecule has 0 spiro atoms. The predicted molar refractivity (Wildman–Crippen MR) is 96.9 cm³/mol. The third-order valence-corrected chi connectivity index (χ3v) is 5.31. The Hall–Kier alpha value is -2.57. The van der Waals surface area contributed by atoms with Gasteiger partial charge in [0.1, 0.15) is 11.5 Å². The molecular weight excluding hydrogens is 350 g/mol. The standard InChI is InChI=1S/C20H25NO6/c1-25-15-7-8-18(26-2)16(10-15)17(22)12-27-20(24)13-9-19(23)21(11-13)14-5-3-4-6-14/h7-8,10,13-14H,3-6,9,11-12H2,1-2H3/t13-/m0/s1. The van der Waals surface area contributed by atoms with Gasteiger partial charge in [-0.2, -0.15) is 0 Å². The quantitative estimate of drug-likeness (QED) is 0.537. The third-order valence-electron chi connectivity index (χ3n) is 5.31. The van der Waals surface area contributed by atoms with Gasteiger partial charge in [0.15, 0.2) is 6.61 Å². The highest BCUT2D eigenvalue weighted by atomic mass is 16.5. The van der Waals surface area contributed by atoms with Crippen LogP contribution >= 0.6 is 0 Å². The molecule has 1 atom stereocenters. The van der Waals surface area contributed by atoms with Gasteiger partial charge in [0.25, 0.3) is 0 Å². The SMILES string of the molecule is COc1ccc(OC)c(C(=O)COC(=O)[C@H]2CC(=O)N(C3CCCC3)C2)c1. The van der Waals surface area contributed by atoms with Crippen LogP contribution in [0.25, 0.3) is 0 Å². The van der Waals surface area contributed by atoms with Crippen molar-refractivity contribution in [3.05, 3.63) is 23.8 Å². The molecule has 1 saturated heterocycles. The van der Waals surface area contributed by atoms with Crippen LogP contribution in [0.3, 0.4) is 0 Å². The second-order valence-corrected chi connectivity index (χ2v) is 6.98. The average molecular weight is 375 g/mol. The van der Waals surface area contributed by atoms with Crippen molar-refractivity contribution in [1.82, 2.24) is 4.90 Å². The van der Waals surface area contributed by atoms with Gasteiger partial charge in [-0.05, 0) is 31.0 Å². The summed E-state index contributed by atoms with van der Waals surface area (Å²) < 4.78 is 15.5. The third kappa shape index (κ3) is 4.23. The Morgan fingerprint density at radius 3 is 2.56 bits per heavy atom. The molecule has 2 fully saturated rings. The van der Waals surface area contributed by atoms with Gasteiger partial charge >= 0.3 is 5.97 Å². The zero-order chi connectivity index (χ0) is 19.4. The lowest BCUT2D eigenvalue weighted by molar-refractivity contribution is -0.147. The molecule has 1 aromatic carbocycles. The van der Waals surface area contributed by atoms with Gasteiger partial charge in [-0.1, -0.05) is 12.8 Å². The van der Waals surface area contributed by atoms with E-state index in [2.05, 4.69) is 0 Å². The number of nitrogens with zero attached hydrogens (tertiary/aromatic N) is 1. The maximum Gasteiger partial charge on any atom is 0.311 e. The van der Waals surface area contributed by atoms with Gasteiger partial charge in [0.05, 0.1) is 25.7 Å². The fraction of sp³-hybridized carbons (Fsp3) is 0.550. The highest BCUT2D eigenvalue weighted by Gasteiger charge is 2.39. The van der Waals surface area contributed by atoms with Gasteiger partial charge in [-0.25, -0.2) is 0 Å². The number of esters is 1. The summed E-state index contributed by atoms with van der Waals surface area (Å²) in [5.41, 5.74) is 0.291. The van der Waals surface area contributed by atoms with Crippen LogP contribution in [0.4, 0.5) is 0 Å². The Balaban J connectivity index is 1.58. The van der Waals surface area contributed by atoms with Crippen LogP contribution in [0.2, 0.25) is 0 Å². The molecule has 0 bridgehead atoms. The van der Waals surface area contributed by atoms with Gasteiger partial charge in [0.2, 0.25) is 11.7 Å². The van der Waals surface area contributed by atoms with Crippen LogP contribution < -0.4 is 9.47 Å². The lowest BCUT2D eigenvalue weighted by atomic mass is 10.1. The van der Waals surface area contributed by atoms with E-state index in [0.717, 1.165) is 25.7 Å². The summed E-state index contributed by atoms with van der Waals surface area (Å²) in [6.07, 6.45) is 4.41. The van der Waals surface area contributed by atoms with E-state index in [9.17, 15) is 14.4 Å². The number of ketones is 1. The normalized spacial score (nSPS) is 20.0. The fourth-order valence-corrected chi connectivity index (χ4v) is 3.82. The smallest absolute Gasteiger partial charge is 0.311 e. The molecule has 27 heavy (non-hydrogen) atoms. The van der Waals surface area contributed by atoms with Gasteiger partial charge in [-0.15, -0.1) is 0 Å². The van der Waals surface area contributed by atoms with E-state index in [1.54, 1.807) is 18.2 Å². The number of methoxy groups -OCH3 is 2. The van der Waals surface area contributed by atoms with E-state index in [1.807, 2.05) is 4.90 Å². The molecule has 0 radical (unpaired) electrons. The van der Waals surface area contributed by atoms with Crippen molar-refractivity contribution in [3.63, 3.8) is 0 Å². The number of carbonyl (C=O) groups excluding carboxylic acids is 3. The molecule has 0 unspecified atom stereocenters. The number of likely N-dealkylation sites (tertiary alicyclic amines) is 1. The molecule has 1 aliphatic carbocycles. The molecule has 1 heterocycles. The molecule has 1 saturated carbocycles. The molecular formula is C20H25NO6. The number of hydrogen-bond acceptors (Lipinski definition) is 6. The van der Waals surface area contributed by atoms with E-state index >= 15 is 0 Å². The zero-order valence-corrected chi connectivity index (χ0v) is 15.7. The monoisotopic (exact) mass is 375 g/mol. The van der Waals surface area contributed by atoms with Gasteiger partial charge in [-0.3, -0.25) is 14.4 Å². The van der Waals surface area contributed by atoms with E-state index in [0.29, 0.717) is 23.6 Å². The maximum atomic E-state index is 12.5. The maximum absolute atomic E-state index is 12.5. The van der Waals surface area contributed by atoms with Gasteiger partial charge < -0.3 is 19.1 Å². The molecule has 0 N–H and O–H groups in total. The summed E-state index contributed by atoms with van der Waals surface area (Å²) in [5, 5.41) is 0. The second-order valence-electron chi connectivity index (χ2n) is 6.98. The largest absolute Gasteiger partial charge is 0.497 e. The van der Waals surface area contributed by atoms with Crippen LogP contribution in [0.1, 0.15) is 42.5 Å². The number of rotatable bonds is 7. The van der Waals surface area contributed by atoms with Crippen LogP contribution in [0, 0.1) is 5.92 Å². The Morgan fingerprint density at radius 1 is 1.15 bits per heavy atom. The van der Waals surface area contributed by atoms with Crippen LogP contribution in [0.5, 0.6) is 11.5 Å². The molecule has 1 amide bonds. The minimum Gasteiger partial charge on any atom is -0.497 e. The molecule has 7 nitrogen and oxygen atoms in total. The number of benzene rings is 1. The van der Waals surface area contributed by atoms with Crippen molar-refractivity contribution in [2.75, 3.05) is 27.4 Å². The molecule has 146 valence electrons. The fourth-order valence-electron chi connectivity index (χ4n) is 3.82. The summed E-state index contributed by atoms with van der Waals surface area (Å²) >= 11 is 0. The first-order valence-electron chi connectivity index (χ1n) is 9.24. The number of Topliss-reactive ketones (excluding diaryl/α,β-unsaturated/α-hetero) is 1. The van der Waals surface area contributed by atoms with Crippen molar-refractivity contribution in [2.24, 2.45) is 5.92 Å². The van der Waals surface area contributed by atoms with Crippen molar-refractivity contribution in [3.8, 4) is 11.5 Å². The summed E-state index contributed by atoms with van der Waals surface area (Å²) in [4.78, 5) is 38.8. The molecule has 0 aromatic heterocycles. The number of amides is 1. The minimum absolute atomic E-state index is 0.00430. The summed E-state index contributed by atoms with van der Waals surface area (Å²) in [6, 6.07) is 5.11. The Kier molecular flexibility index (Phi) is 5.98. The van der Waals surface area contributed by atoms with Gasteiger partial charge in [0, 0.05) is 19.0 Å². The number of carbonyl (C=O) groups is 3. The zero-order valence-electron chi connectivity index (χ0n) is 15.7. The Morgan fingerprint density at radius 2 is 1.89 bits per heavy atom. The first kappa shape index (κ1) is 19.2. The van der Waals surface area contributed by atoms with E-state index in [4.69, 9.17) is 14.2 Å². The van der Waals surface area contributed by atoms with E-state index in [-0.39, 0.29) is 24.2 Å². The molecule has 7 heteroatoms. The molecule has 1 aromatic rings. The van der Waals surface area contributed by atoms with Crippen molar-refractivity contribution >= 4 is 17.7 Å². The summed E-state index contributed by atoms with van der Waals surface area (Å²) in [6.45, 7) is -0.00448.